The van der Waals surface area contributed by atoms with Gasteiger partial charge in [0.05, 0.1) is 0 Å². The molecule has 0 saturated heterocycles. The monoisotopic (exact) mass is 138 g/mol. The highest BCUT2D eigenvalue weighted by Gasteiger charge is 2.22. The molecule has 0 aromatic rings. The summed E-state index contributed by atoms with van der Waals surface area (Å²) >= 11 is 0. The highest BCUT2D eigenvalue weighted by Crippen LogP contribution is 2.25. The highest BCUT2D eigenvalue weighted by molar-refractivity contribution is 5.81. The van der Waals surface area contributed by atoms with Crippen molar-refractivity contribution in [1.82, 2.24) is 0 Å². The number of hydrogen-bond donors (Lipinski definition) is 0. The zero-order valence-corrected chi connectivity index (χ0v) is 6.47. The molecule has 0 spiro atoms. The van der Waals surface area contributed by atoms with E-state index in [9.17, 15) is 4.79 Å². The molecule has 1 aliphatic carbocycles. The minimum absolute atomic E-state index is 0.302. The van der Waals surface area contributed by atoms with Crippen LogP contribution < -0.4 is 0 Å². The van der Waals surface area contributed by atoms with E-state index >= 15 is 0 Å². The van der Waals surface area contributed by atoms with Gasteiger partial charge in [-0.2, -0.15) is 0 Å². The fraction of sp³-hybridized carbons (Fsp3) is 0.667. The van der Waals surface area contributed by atoms with Crippen molar-refractivity contribution in [3.8, 4) is 0 Å². The summed E-state index contributed by atoms with van der Waals surface area (Å²) in [4.78, 5) is 11.1. The Balaban J connectivity index is 2.48. The smallest absolute Gasteiger partial charge is 0.136 e. The van der Waals surface area contributed by atoms with Crippen LogP contribution >= 0.6 is 0 Å². The Morgan fingerprint density at radius 2 is 2.30 bits per heavy atom. The van der Waals surface area contributed by atoms with E-state index in [-0.39, 0.29) is 0 Å². The summed E-state index contributed by atoms with van der Waals surface area (Å²) in [5, 5.41) is 0. The third-order valence-corrected chi connectivity index (χ3v) is 2.32. The van der Waals surface area contributed by atoms with Gasteiger partial charge in [0.15, 0.2) is 0 Å². The Morgan fingerprint density at radius 3 is 2.80 bits per heavy atom. The van der Waals surface area contributed by atoms with Crippen LogP contribution in [0.1, 0.15) is 26.2 Å². The molecular formula is C9H14O. The maximum atomic E-state index is 11.1. The summed E-state index contributed by atoms with van der Waals surface area (Å²) in [5.74, 6) is 1.18. The van der Waals surface area contributed by atoms with Gasteiger partial charge in [0.1, 0.15) is 5.78 Å². The minimum atomic E-state index is 0.302. The van der Waals surface area contributed by atoms with E-state index in [1.165, 1.54) is 0 Å². The molecular weight excluding hydrogens is 124 g/mol. The molecule has 0 amide bonds. The van der Waals surface area contributed by atoms with Gasteiger partial charge in [-0.05, 0) is 18.8 Å². The second-order valence-electron chi connectivity index (χ2n) is 3.14. The van der Waals surface area contributed by atoms with Crippen LogP contribution in [0.25, 0.3) is 0 Å². The van der Waals surface area contributed by atoms with Gasteiger partial charge in [0.25, 0.3) is 0 Å². The SMILES string of the molecule is C=C[C@@H]1CC[C@H](C)C(=O)C1. The summed E-state index contributed by atoms with van der Waals surface area (Å²) in [6.45, 7) is 5.71. The van der Waals surface area contributed by atoms with Gasteiger partial charge in [-0.25, -0.2) is 0 Å². The Bertz CT molecular complexity index is 149. The van der Waals surface area contributed by atoms with Crippen molar-refractivity contribution in [2.75, 3.05) is 0 Å². The molecule has 0 unspecified atom stereocenters. The van der Waals surface area contributed by atoms with E-state index in [4.69, 9.17) is 0 Å². The van der Waals surface area contributed by atoms with Crippen molar-refractivity contribution in [3.05, 3.63) is 12.7 Å². The average molecular weight is 138 g/mol. The first kappa shape index (κ1) is 7.52. The average Bonchev–Trinajstić information content (AvgIpc) is 1.95. The molecule has 0 heterocycles. The topological polar surface area (TPSA) is 17.1 Å². The minimum Gasteiger partial charge on any atom is -0.299 e. The molecule has 0 aromatic heterocycles. The lowest BCUT2D eigenvalue weighted by Crippen LogP contribution is -2.21. The predicted molar refractivity (Wildman–Crippen MR) is 41.7 cm³/mol. The van der Waals surface area contributed by atoms with Crippen LogP contribution in [0.15, 0.2) is 12.7 Å². The van der Waals surface area contributed by atoms with E-state index in [0.717, 1.165) is 19.3 Å². The second kappa shape index (κ2) is 3.00. The number of allylic oxidation sites excluding steroid dienone is 1. The molecule has 0 aromatic carbocycles. The Kier molecular flexibility index (Phi) is 2.25. The van der Waals surface area contributed by atoms with Gasteiger partial charge in [-0.1, -0.05) is 13.0 Å². The molecule has 10 heavy (non-hydrogen) atoms. The van der Waals surface area contributed by atoms with Crippen molar-refractivity contribution in [2.24, 2.45) is 11.8 Å². The molecule has 56 valence electrons. The van der Waals surface area contributed by atoms with Gasteiger partial charge in [0.2, 0.25) is 0 Å². The molecule has 0 radical (unpaired) electrons. The van der Waals surface area contributed by atoms with E-state index in [1.54, 1.807) is 0 Å². The standard InChI is InChI=1S/C9H14O/c1-3-8-5-4-7(2)9(10)6-8/h3,7-8H,1,4-6H2,2H3/t7-,8+/m0/s1. The lowest BCUT2D eigenvalue weighted by Gasteiger charge is -2.21. The third kappa shape index (κ3) is 1.47. The van der Waals surface area contributed by atoms with Gasteiger partial charge >= 0.3 is 0 Å². The number of carbonyl (C=O) groups is 1. The highest BCUT2D eigenvalue weighted by atomic mass is 16.1. The van der Waals surface area contributed by atoms with Crippen LogP contribution in [0.4, 0.5) is 0 Å². The van der Waals surface area contributed by atoms with Gasteiger partial charge < -0.3 is 0 Å². The molecule has 1 heteroatoms. The van der Waals surface area contributed by atoms with Crippen molar-refractivity contribution >= 4 is 5.78 Å². The zero-order chi connectivity index (χ0) is 7.56. The van der Waals surface area contributed by atoms with Crippen molar-refractivity contribution < 1.29 is 4.79 Å². The van der Waals surface area contributed by atoms with Gasteiger partial charge in [-0.3, -0.25) is 4.79 Å². The molecule has 1 saturated carbocycles. The first-order chi connectivity index (χ1) is 4.74. The quantitative estimate of drug-likeness (QED) is 0.507. The van der Waals surface area contributed by atoms with E-state index in [0.29, 0.717) is 17.6 Å². The molecule has 1 nitrogen and oxygen atoms in total. The van der Waals surface area contributed by atoms with Crippen molar-refractivity contribution in [3.63, 3.8) is 0 Å². The summed E-state index contributed by atoms with van der Waals surface area (Å²) in [7, 11) is 0. The summed E-state index contributed by atoms with van der Waals surface area (Å²) < 4.78 is 0. The summed E-state index contributed by atoms with van der Waals surface area (Å²) in [6.07, 6.45) is 4.83. The van der Waals surface area contributed by atoms with Gasteiger partial charge in [0, 0.05) is 12.3 Å². The lowest BCUT2D eigenvalue weighted by molar-refractivity contribution is -0.124. The fourth-order valence-corrected chi connectivity index (χ4v) is 1.39. The second-order valence-corrected chi connectivity index (χ2v) is 3.14. The Morgan fingerprint density at radius 1 is 1.60 bits per heavy atom. The van der Waals surface area contributed by atoms with Crippen LogP contribution in [-0.4, -0.2) is 5.78 Å². The first-order valence-corrected chi connectivity index (χ1v) is 3.89. The number of hydrogen-bond acceptors (Lipinski definition) is 1. The molecule has 1 rings (SSSR count). The molecule has 2 atom stereocenters. The van der Waals surface area contributed by atoms with Gasteiger partial charge in [-0.15, -0.1) is 6.58 Å². The largest absolute Gasteiger partial charge is 0.299 e. The Labute approximate surface area is 62.1 Å². The van der Waals surface area contributed by atoms with Crippen molar-refractivity contribution in [1.29, 1.82) is 0 Å². The lowest BCUT2D eigenvalue weighted by atomic mass is 9.82. The molecule has 0 aliphatic heterocycles. The normalized spacial score (nSPS) is 33.9. The molecule has 0 N–H and O–H groups in total. The van der Waals surface area contributed by atoms with Crippen molar-refractivity contribution in [2.45, 2.75) is 26.2 Å². The number of rotatable bonds is 1. The summed E-state index contributed by atoms with van der Waals surface area (Å²) in [5.41, 5.74) is 0. The maximum Gasteiger partial charge on any atom is 0.136 e. The van der Waals surface area contributed by atoms with Crippen LogP contribution in [0.2, 0.25) is 0 Å². The van der Waals surface area contributed by atoms with Crippen LogP contribution in [0.5, 0.6) is 0 Å². The number of carbonyl (C=O) groups excluding carboxylic acids is 1. The third-order valence-electron chi connectivity index (χ3n) is 2.32. The van der Waals surface area contributed by atoms with Crippen LogP contribution in [0, 0.1) is 11.8 Å². The van der Waals surface area contributed by atoms with E-state index in [1.807, 2.05) is 13.0 Å². The first-order valence-electron chi connectivity index (χ1n) is 3.89. The summed E-state index contributed by atoms with van der Waals surface area (Å²) in [6, 6.07) is 0. The van der Waals surface area contributed by atoms with Crippen LogP contribution in [0.3, 0.4) is 0 Å². The maximum absolute atomic E-state index is 11.1. The molecule has 1 aliphatic rings. The molecule has 1 fully saturated rings. The van der Waals surface area contributed by atoms with E-state index in [2.05, 4.69) is 6.58 Å². The number of Topliss-reactive ketones (excluding diaryl/α,β-unsaturated/α-hetero) is 1. The molecule has 0 bridgehead atoms. The predicted octanol–water partition coefficient (Wildman–Crippen LogP) is 2.18. The van der Waals surface area contributed by atoms with Crippen LogP contribution in [-0.2, 0) is 4.79 Å². The Hall–Kier alpha value is -0.590. The fourth-order valence-electron chi connectivity index (χ4n) is 1.39. The zero-order valence-electron chi connectivity index (χ0n) is 6.47. The number of ketones is 1. The van der Waals surface area contributed by atoms with E-state index < -0.39 is 0 Å².